The number of hydrogen-bond acceptors (Lipinski definition) is 5. The Morgan fingerprint density at radius 1 is 0.875 bits per heavy atom. The third-order valence-corrected chi connectivity index (χ3v) is 6.26. The second kappa shape index (κ2) is 15.0. The van der Waals surface area contributed by atoms with Crippen LogP contribution in [0.4, 0.5) is 0 Å². The highest BCUT2D eigenvalue weighted by atomic mass is 17.1. The first kappa shape index (κ1) is 32.3. The highest BCUT2D eigenvalue weighted by Gasteiger charge is 2.29. The molecule has 32 heavy (non-hydrogen) atoms. The number of carboxylic acid groups (broad SMARTS) is 1. The molecule has 1 aromatic rings. The van der Waals surface area contributed by atoms with E-state index < -0.39 is 11.4 Å². The van der Waals surface area contributed by atoms with Gasteiger partial charge in [0.05, 0.1) is 17.9 Å². The van der Waals surface area contributed by atoms with Crippen LogP contribution in [0.3, 0.4) is 0 Å². The molecule has 1 rings (SSSR count). The molecule has 0 heterocycles. The van der Waals surface area contributed by atoms with Crippen molar-refractivity contribution in [3.05, 3.63) is 35.9 Å². The zero-order valence-electron chi connectivity index (χ0n) is 21.8. The van der Waals surface area contributed by atoms with Crippen LogP contribution in [0.15, 0.2) is 30.3 Å². The Kier molecular flexibility index (Phi) is 15.1. The second-order valence-electron chi connectivity index (χ2n) is 9.90. The van der Waals surface area contributed by atoms with Crippen LogP contribution in [0.1, 0.15) is 87.1 Å². The number of aliphatic carboxylic acids is 1. The Balaban J connectivity index is 0. The topological polar surface area (TPSA) is 93.1 Å². The quantitative estimate of drug-likeness (QED) is 0.247. The Bertz CT molecular complexity index is 650. The lowest BCUT2D eigenvalue weighted by atomic mass is 9.81. The van der Waals surface area contributed by atoms with Crippen molar-refractivity contribution in [1.29, 1.82) is 0 Å². The van der Waals surface area contributed by atoms with Crippen LogP contribution in [0.5, 0.6) is 0 Å². The van der Waals surface area contributed by atoms with Gasteiger partial charge in [0.1, 0.15) is 6.10 Å². The zero-order valence-corrected chi connectivity index (χ0v) is 21.8. The third-order valence-electron chi connectivity index (χ3n) is 6.26. The molecule has 0 amide bonds. The second-order valence-corrected chi connectivity index (χ2v) is 9.90. The summed E-state index contributed by atoms with van der Waals surface area (Å²) in [5.41, 5.74) is 0.331. The lowest BCUT2D eigenvalue weighted by molar-refractivity contribution is -0.301. The van der Waals surface area contributed by atoms with E-state index in [1.807, 2.05) is 45.9 Å². The number of esters is 1. The first-order valence-corrected chi connectivity index (χ1v) is 11.3. The summed E-state index contributed by atoms with van der Waals surface area (Å²) in [7, 11) is 1.42. The van der Waals surface area contributed by atoms with Crippen molar-refractivity contribution >= 4 is 11.9 Å². The maximum absolute atomic E-state index is 10.8. The molecule has 0 aromatic heterocycles. The van der Waals surface area contributed by atoms with Gasteiger partial charge in [-0.05, 0) is 57.9 Å². The molecule has 0 fully saturated rings. The van der Waals surface area contributed by atoms with Crippen LogP contribution in [0.25, 0.3) is 0 Å². The average molecular weight is 455 g/mol. The molecular formula is C26H46O6. The molecule has 0 aliphatic rings. The third kappa shape index (κ3) is 12.2. The summed E-state index contributed by atoms with van der Waals surface area (Å²) >= 11 is 0. The molecule has 6 heteroatoms. The monoisotopic (exact) mass is 454 g/mol. The van der Waals surface area contributed by atoms with Gasteiger partial charge in [-0.25, -0.2) is 4.89 Å². The van der Waals surface area contributed by atoms with E-state index in [0.29, 0.717) is 6.42 Å². The summed E-state index contributed by atoms with van der Waals surface area (Å²) < 4.78 is 4.57. The number of ether oxygens (including phenoxy) is 1. The molecule has 0 aliphatic carbocycles. The van der Waals surface area contributed by atoms with Gasteiger partial charge >= 0.3 is 11.9 Å². The van der Waals surface area contributed by atoms with Crippen molar-refractivity contribution in [1.82, 2.24) is 0 Å². The highest BCUT2D eigenvalue weighted by molar-refractivity contribution is 5.75. The number of carbonyl (C=O) groups excluding carboxylic acids is 1. The molecule has 1 atom stereocenters. The molecule has 0 saturated carbocycles. The van der Waals surface area contributed by atoms with E-state index in [1.165, 1.54) is 12.7 Å². The van der Waals surface area contributed by atoms with Crippen LogP contribution in [0.2, 0.25) is 0 Å². The van der Waals surface area contributed by atoms with Crippen LogP contribution in [-0.4, -0.2) is 35.5 Å². The van der Waals surface area contributed by atoms with Gasteiger partial charge in [0, 0.05) is 6.42 Å². The van der Waals surface area contributed by atoms with Crippen molar-refractivity contribution in [2.75, 3.05) is 7.11 Å². The van der Waals surface area contributed by atoms with Gasteiger partial charge in [0.2, 0.25) is 0 Å². The molecule has 1 unspecified atom stereocenters. The predicted molar refractivity (Wildman–Crippen MR) is 130 cm³/mol. The van der Waals surface area contributed by atoms with Crippen LogP contribution >= 0.6 is 0 Å². The number of hydrogen-bond donors (Lipinski definition) is 2. The number of rotatable bonds is 9. The summed E-state index contributed by atoms with van der Waals surface area (Å²) in [6, 6.07) is 10.1. The number of carbonyl (C=O) groups is 2. The van der Waals surface area contributed by atoms with Gasteiger partial charge in [0.15, 0.2) is 0 Å². The Labute approximate surface area is 195 Å². The summed E-state index contributed by atoms with van der Waals surface area (Å²) in [5.74, 6) is -0.856. The lowest BCUT2D eigenvalue weighted by Crippen LogP contribution is -2.32. The molecule has 0 saturated heterocycles. The van der Waals surface area contributed by atoms with E-state index in [1.54, 1.807) is 13.8 Å². The minimum absolute atomic E-state index is 0.00933. The molecule has 0 aliphatic heterocycles. The van der Waals surface area contributed by atoms with Gasteiger partial charge in [-0.3, -0.25) is 14.8 Å². The predicted octanol–water partition coefficient (Wildman–Crippen LogP) is 6.63. The van der Waals surface area contributed by atoms with E-state index in [0.717, 1.165) is 19.3 Å². The highest BCUT2D eigenvalue weighted by Crippen LogP contribution is 2.29. The minimum Gasteiger partial charge on any atom is -0.481 e. The molecular weight excluding hydrogens is 408 g/mol. The first-order valence-electron chi connectivity index (χ1n) is 11.3. The maximum Gasteiger partial charge on any atom is 0.311 e. The normalized spacial score (nSPS) is 12.5. The maximum atomic E-state index is 10.8. The molecule has 0 spiro atoms. The summed E-state index contributed by atoms with van der Waals surface area (Å²) in [6.45, 7) is 17.3. The SMILES string of the molecule is CCC(C)(C)C(=O)O.CCC(C)(C)C(=O)OC.CCC(C)(C)C(Cc1ccccc1)OO. The van der Waals surface area contributed by atoms with E-state index in [9.17, 15) is 9.59 Å². The molecule has 0 bridgehead atoms. The van der Waals surface area contributed by atoms with Crippen LogP contribution in [-0.2, 0) is 25.6 Å². The van der Waals surface area contributed by atoms with Crippen LogP contribution < -0.4 is 0 Å². The lowest BCUT2D eigenvalue weighted by Gasteiger charge is -2.30. The number of carboxylic acids is 1. The van der Waals surface area contributed by atoms with Gasteiger partial charge in [0.25, 0.3) is 0 Å². The minimum atomic E-state index is -0.722. The summed E-state index contributed by atoms with van der Waals surface area (Å²) in [6.07, 6.45) is 3.08. The summed E-state index contributed by atoms with van der Waals surface area (Å²) in [4.78, 5) is 25.7. The fourth-order valence-corrected chi connectivity index (χ4v) is 2.08. The smallest absolute Gasteiger partial charge is 0.311 e. The van der Waals surface area contributed by atoms with Crippen molar-refractivity contribution in [2.45, 2.75) is 94.1 Å². The molecule has 1 aromatic carbocycles. The van der Waals surface area contributed by atoms with E-state index in [-0.39, 0.29) is 22.9 Å². The van der Waals surface area contributed by atoms with Crippen LogP contribution in [0, 0.1) is 16.2 Å². The van der Waals surface area contributed by atoms with Crippen molar-refractivity contribution in [3.8, 4) is 0 Å². The molecule has 2 N–H and O–H groups in total. The van der Waals surface area contributed by atoms with E-state index in [2.05, 4.69) is 42.5 Å². The molecule has 6 nitrogen and oxygen atoms in total. The first-order chi connectivity index (χ1) is 14.6. The van der Waals surface area contributed by atoms with Crippen molar-refractivity contribution in [2.24, 2.45) is 16.2 Å². The Morgan fingerprint density at radius 2 is 1.34 bits per heavy atom. The van der Waals surface area contributed by atoms with E-state index in [4.69, 9.17) is 10.4 Å². The van der Waals surface area contributed by atoms with Gasteiger partial charge in [-0.1, -0.05) is 65.0 Å². The van der Waals surface area contributed by atoms with Crippen molar-refractivity contribution < 1.29 is 29.6 Å². The van der Waals surface area contributed by atoms with Crippen molar-refractivity contribution in [3.63, 3.8) is 0 Å². The zero-order chi connectivity index (χ0) is 25.6. The number of methoxy groups -OCH3 is 1. The van der Waals surface area contributed by atoms with Gasteiger partial charge in [-0.2, -0.15) is 0 Å². The Morgan fingerprint density at radius 3 is 1.59 bits per heavy atom. The van der Waals surface area contributed by atoms with E-state index >= 15 is 0 Å². The number of benzene rings is 1. The molecule has 0 radical (unpaired) electrons. The van der Waals surface area contributed by atoms with Gasteiger partial charge < -0.3 is 9.84 Å². The summed E-state index contributed by atoms with van der Waals surface area (Å²) in [5, 5.41) is 17.4. The fourth-order valence-electron chi connectivity index (χ4n) is 2.08. The standard InChI is InChI=1S/C13H20O2.C7H14O2.C6H12O2/c1-4-13(2,3)12(15-14)10-11-8-6-5-7-9-11;1-5-7(2,3)6(8)9-4;1-4-6(2,3)5(7)8/h5-9,12,14H,4,10H2,1-3H3;5H2,1-4H3;4H2,1-3H3,(H,7,8). The molecule has 186 valence electrons. The largest absolute Gasteiger partial charge is 0.481 e. The van der Waals surface area contributed by atoms with Gasteiger partial charge in [-0.15, -0.1) is 0 Å². The average Bonchev–Trinajstić information content (AvgIpc) is 2.78. The Hall–Kier alpha value is -1.92. The fraction of sp³-hybridized carbons (Fsp3) is 0.692.